The van der Waals surface area contributed by atoms with Crippen molar-refractivity contribution in [2.24, 2.45) is 5.92 Å². The van der Waals surface area contributed by atoms with Crippen molar-refractivity contribution in [2.75, 3.05) is 6.61 Å². The second-order valence-corrected chi connectivity index (χ2v) is 4.77. The highest BCUT2D eigenvalue weighted by Crippen LogP contribution is 2.35. The average molecular weight is 212 g/mol. The predicted molar refractivity (Wildman–Crippen MR) is 62.7 cm³/mol. The summed E-state index contributed by atoms with van der Waals surface area (Å²) in [5.74, 6) is 0.813. The standard InChI is InChI=1S/C13H24O2/c1-2-3-5-12-6-9-13(15,10-7-12)8-4-11-14/h4,8,12,14-15H,2-3,5-7,9-11H2,1H3. The van der Waals surface area contributed by atoms with Crippen molar-refractivity contribution in [1.29, 1.82) is 0 Å². The molecule has 0 heterocycles. The van der Waals surface area contributed by atoms with Gasteiger partial charge in [0.05, 0.1) is 12.2 Å². The normalized spacial score (nSPS) is 32.3. The van der Waals surface area contributed by atoms with Gasteiger partial charge < -0.3 is 10.2 Å². The summed E-state index contributed by atoms with van der Waals surface area (Å²) in [6, 6.07) is 0. The van der Waals surface area contributed by atoms with Crippen LogP contribution in [0.25, 0.3) is 0 Å². The van der Waals surface area contributed by atoms with Gasteiger partial charge in [-0.15, -0.1) is 0 Å². The van der Waals surface area contributed by atoms with Crippen LogP contribution >= 0.6 is 0 Å². The molecule has 2 nitrogen and oxygen atoms in total. The lowest BCUT2D eigenvalue weighted by Crippen LogP contribution is -2.31. The van der Waals surface area contributed by atoms with Gasteiger partial charge in [0.1, 0.15) is 0 Å². The van der Waals surface area contributed by atoms with Gasteiger partial charge >= 0.3 is 0 Å². The molecule has 0 unspecified atom stereocenters. The molecule has 0 spiro atoms. The summed E-state index contributed by atoms with van der Waals surface area (Å²) in [4.78, 5) is 0. The molecule has 0 aromatic rings. The highest BCUT2D eigenvalue weighted by Gasteiger charge is 2.30. The van der Waals surface area contributed by atoms with Crippen LogP contribution in [-0.2, 0) is 0 Å². The number of aliphatic hydroxyl groups is 2. The Hall–Kier alpha value is -0.340. The van der Waals surface area contributed by atoms with Crippen LogP contribution in [0.15, 0.2) is 12.2 Å². The van der Waals surface area contributed by atoms with E-state index in [-0.39, 0.29) is 6.61 Å². The fourth-order valence-electron chi connectivity index (χ4n) is 2.40. The lowest BCUT2D eigenvalue weighted by Gasteiger charge is -2.33. The topological polar surface area (TPSA) is 40.5 Å². The summed E-state index contributed by atoms with van der Waals surface area (Å²) in [5.41, 5.74) is -0.633. The van der Waals surface area contributed by atoms with Crippen molar-refractivity contribution >= 4 is 0 Å². The van der Waals surface area contributed by atoms with Gasteiger partial charge in [0.2, 0.25) is 0 Å². The molecule has 0 saturated heterocycles. The number of hydrogen-bond acceptors (Lipinski definition) is 2. The van der Waals surface area contributed by atoms with Crippen LogP contribution in [0.5, 0.6) is 0 Å². The number of unbranched alkanes of at least 4 members (excludes halogenated alkanes) is 1. The maximum Gasteiger partial charge on any atom is 0.0828 e. The minimum Gasteiger partial charge on any atom is -0.392 e. The Balaban J connectivity index is 2.30. The van der Waals surface area contributed by atoms with Crippen LogP contribution in [-0.4, -0.2) is 22.4 Å². The zero-order valence-electron chi connectivity index (χ0n) is 9.78. The third kappa shape index (κ3) is 4.35. The second kappa shape index (κ2) is 6.29. The summed E-state index contributed by atoms with van der Waals surface area (Å²) in [5, 5.41) is 18.8. The predicted octanol–water partition coefficient (Wildman–Crippen LogP) is 2.65. The zero-order valence-corrected chi connectivity index (χ0v) is 9.78. The van der Waals surface area contributed by atoms with Gasteiger partial charge in [0.15, 0.2) is 0 Å². The fourth-order valence-corrected chi connectivity index (χ4v) is 2.40. The summed E-state index contributed by atoms with van der Waals surface area (Å²) in [6.45, 7) is 2.25. The SMILES string of the molecule is CCCCC1CCC(O)(C=CCO)CC1. The van der Waals surface area contributed by atoms with Gasteiger partial charge in [-0.2, -0.15) is 0 Å². The number of aliphatic hydroxyl groups excluding tert-OH is 1. The first-order chi connectivity index (χ1) is 7.20. The van der Waals surface area contributed by atoms with E-state index < -0.39 is 5.60 Å². The van der Waals surface area contributed by atoms with Crippen LogP contribution in [0, 0.1) is 5.92 Å². The summed E-state index contributed by atoms with van der Waals surface area (Å²) in [6.07, 6.45) is 11.3. The molecule has 0 aliphatic heterocycles. The molecule has 2 N–H and O–H groups in total. The Bertz CT molecular complexity index is 191. The van der Waals surface area contributed by atoms with Crippen molar-refractivity contribution in [3.05, 3.63) is 12.2 Å². The fraction of sp³-hybridized carbons (Fsp3) is 0.846. The molecule has 1 saturated carbocycles. The molecule has 15 heavy (non-hydrogen) atoms. The first-order valence-electron chi connectivity index (χ1n) is 6.21. The zero-order chi connectivity index (χ0) is 11.1. The van der Waals surface area contributed by atoms with E-state index in [9.17, 15) is 5.11 Å². The number of hydrogen-bond donors (Lipinski definition) is 2. The van der Waals surface area contributed by atoms with E-state index >= 15 is 0 Å². The second-order valence-electron chi connectivity index (χ2n) is 4.77. The Kier molecular flexibility index (Phi) is 5.34. The molecule has 0 radical (unpaired) electrons. The largest absolute Gasteiger partial charge is 0.392 e. The Morgan fingerprint density at radius 3 is 2.53 bits per heavy atom. The van der Waals surface area contributed by atoms with Gasteiger partial charge in [-0.05, 0) is 31.6 Å². The Morgan fingerprint density at radius 2 is 2.00 bits per heavy atom. The van der Waals surface area contributed by atoms with E-state index in [4.69, 9.17) is 5.11 Å². The lowest BCUT2D eigenvalue weighted by molar-refractivity contribution is 0.0330. The Morgan fingerprint density at radius 1 is 1.33 bits per heavy atom. The first kappa shape index (κ1) is 12.7. The third-order valence-electron chi connectivity index (χ3n) is 3.47. The third-order valence-corrected chi connectivity index (χ3v) is 3.47. The average Bonchev–Trinajstić information content (AvgIpc) is 2.26. The van der Waals surface area contributed by atoms with Crippen molar-refractivity contribution < 1.29 is 10.2 Å². The molecule has 1 fully saturated rings. The molecule has 88 valence electrons. The first-order valence-corrected chi connectivity index (χ1v) is 6.21. The van der Waals surface area contributed by atoms with E-state index in [2.05, 4.69) is 6.92 Å². The van der Waals surface area contributed by atoms with Gasteiger partial charge in [-0.25, -0.2) is 0 Å². The van der Waals surface area contributed by atoms with Gasteiger partial charge in [-0.3, -0.25) is 0 Å². The van der Waals surface area contributed by atoms with Crippen molar-refractivity contribution in [3.8, 4) is 0 Å². The summed E-state index contributed by atoms with van der Waals surface area (Å²) < 4.78 is 0. The molecule has 0 aromatic carbocycles. The molecule has 0 amide bonds. The molecule has 2 heteroatoms. The van der Waals surface area contributed by atoms with Crippen molar-refractivity contribution in [3.63, 3.8) is 0 Å². The molecular formula is C13H24O2. The van der Waals surface area contributed by atoms with Gasteiger partial charge in [0, 0.05) is 0 Å². The van der Waals surface area contributed by atoms with E-state index in [1.54, 1.807) is 12.2 Å². The van der Waals surface area contributed by atoms with Crippen LogP contribution in [0.1, 0.15) is 51.9 Å². The number of rotatable bonds is 5. The molecule has 0 aromatic heterocycles. The van der Waals surface area contributed by atoms with E-state index in [0.717, 1.165) is 31.6 Å². The maximum absolute atomic E-state index is 10.1. The monoisotopic (exact) mass is 212 g/mol. The van der Waals surface area contributed by atoms with Crippen LogP contribution in [0.4, 0.5) is 0 Å². The molecular weight excluding hydrogens is 188 g/mol. The molecule has 0 atom stereocenters. The van der Waals surface area contributed by atoms with E-state index in [0.29, 0.717) is 0 Å². The summed E-state index contributed by atoms with van der Waals surface area (Å²) in [7, 11) is 0. The summed E-state index contributed by atoms with van der Waals surface area (Å²) >= 11 is 0. The van der Waals surface area contributed by atoms with E-state index in [1.807, 2.05) is 0 Å². The van der Waals surface area contributed by atoms with Crippen LogP contribution in [0.3, 0.4) is 0 Å². The molecule has 1 rings (SSSR count). The Labute approximate surface area is 93.0 Å². The smallest absolute Gasteiger partial charge is 0.0828 e. The lowest BCUT2D eigenvalue weighted by atomic mass is 9.77. The van der Waals surface area contributed by atoms with Crippen molar-refractivity contribution in [2.45, 2.75) is 57.5 Å². The minimum absolute atomic E-state index is 0.0293. The maximum atomic E-state index is 10.1. The minimum atomic E-state index is -0.633. The quantitative estimate of drug-likeness (QED) is 0.688. The van der Waals surface area contributed by atoms with Crippen LogP contribution < -0.4 is 0 Å². The highest BCUT2D eigenvalue weighted by molar-refractivity contribution is 5.03. The molecule has 1 aliphatic carbocycles. The van der Waals surface area contributed by atoms with Crippen LogP contribution in [0.2, 0.25) is 0 Å². The van der Waals surface area contributed by atoms with Crippen molar-refractivity contribution in [1.82, 2.24) is 0 Å². The van der Waals surface area contributed by atoms with E-state index in [1.165, 1.54) is 19.3 Å². The highest BCUT2D eigenvalue weighted by atomic mass is 16.3. The molecule has 1 aliphatic rings. The van der Waals surface area contributed by atoms with Gasteiger partial charge in [-0.1, -0.05) is 38.3 Å². The van der Waals surface area contributed by atoms with Gasteiger partial charge in [0.25, 0.3) is 0 Å². The molecule has 0 bridgehead atoms.